The van der Waals surface area contributed by atoms with Crippen molar-refractivity contribution in [3.63, 3.8) is 0 Å². The Bertz CT molecular complexity index is 1030. The van der Waals surface area contributed by atoms with E-state index in [9.17, 15) is 9.59 Å². The number of halogens is 1. The van der Waals surface area contributed by atoms with E-state index in [4.69, 9.17) is 26.8 Å². The zero-order valence-corrected chi connectivity index (χ0v) is 21.7. The van der Waals surface area contributed by atoms with Crippen molar-refractivity contribution < 1.29 is 19.1 Å². The molecule has 0 radical (unpaired) electrons. The number of likely N-dealkylation sites (tertiary alicyclic amines) is 2. The summed E-state index contributed by atoms with van der Waals surface area (Å²) in [6.07, 6.45) is 2.67. The third-order valence-corrected chi connectivity index (χ3v) is 8.16. The van der Waals surface area contributed by atoms with Crippen LogP contribution in [0.4, 0.5) is 5.69 Å². The number of nitrogens with two attached hydrogens (primary N) is 1. The minimum Gasteiger partial charge on any atom is -0.496 e. The highest BCUT2D eigenvalue weighted by molar-refractivity contribution is 7.12. The van der Waals surface area contributed by atoms with Crippen LogP contribution in [-0.4, -0.2) is 80.7 Å². The van der Waals surface area contributed by atoms with Gasteiger partial charge in [0.1, 0.15) is 5.75 Å². The molecule has 0 unspecified atom stereocenters. The number of hydrogen-bond acceptors (Lipinski definition) is 7. The second-order valence-electron chi connectivity index (χ2n) is 9.19. The van der Waals surface area contributed by atoms with E-state index in [2.05, 4.69) is 10.2 Å². The van der Waals surface area contributed by atoms with Gasteiger partial charge >= 0.3 is 0 Å². The minimum absolute atomic E-state index is 0.116. The number of carbonyl (C=O) groups is 2. The van der Waals surface area contributed by atoms with Crippen LogP contribution in [0.2, 0.25) is 5.02 Å². The zero-order valence-electron chi connectivity index (χ0n) is 20.2. The molecule has 2 aliphatic rings. The first-order valence-electron chi connectivity index (χ1n) is 11.9. The summed E-state index contributed by atoms with van der Waals surface area (Å²) in [6.45, 7) is 4.19. The highest BCUT2D eigenvalue weighted by atomic mass is 35.5. The smallest absolute Gasteiger partial charge is 0.263 e. The van der Waals surface area contributed by atoms with Crippen LogP contribution in [-0.2, 0) is 4.74 Å². The maximum absolute atomic E-state index is 13.0. The topological polar surface area (TPSA) is 97.1 Å². The fraction of sp³-hybridized carbons (Fsp3) is 0.520. The first kappa shape index (κ1) is 25.8. The fourth-order valence-corrected chi connectivity index (χ4v) is 5.81. The number of hydrogen-bond donors (Lipinski definition) is 2. The Hall–Kier alpha value is -2.33. The third-order valence-electron chi connectivity index (χ3n) is 6.98. The van der Waals surface area contributed by atoms with Crippen LogP contribution < -0.4 is 15.8 Å². The third kappa shape index (κ3) is 6.09. The highest BCUT2D eigenvalue weighted by Gasteiger charge is 2.33. The average Bonchev–Trinajstić information content (AvgIpc) is 3.41. The number of methoxy groups -OCH3 is 2. The maximum Gasteiger partial charge on any atom is 0.263 e. The first-order chi connectivity index (χ1) is 16.9. The van der Waals surface area contributed by atoms with Crippen molar-refractivity contribution in [2.24, 2.45) is 5.92 Å². The van der Waals surface area contributed by atoms with Crippen molar-refractivity contribution in [3.8, 4) is 5.75 Å². The summed E-state index contributed by atoms with van der Waals surface area (Å²) in [5.41, 5.74) is 6.56. The molecule has 0 saturated carbocycles. The lowest BCUT2D eigenvalue weighted by Gasteiger charge is -2.41. The molecule has 2 atom stereocenters. The molecular formula is C25H33ClN4O4S. The number of ether oxygens (including phenoxy) is 2. The summed E-state index contributed by atoms with van der Waals surface area (Å²) < 4.78 is 11.1. The molecule has 2 aliphatic heterocycles. The van der Waals surface area contributed by atoms with Crippen molar-refractivity contribution >= 4 is 40.4 Å². The van der Waals surface area contributed by atoms with Crippen LogP contribution in [0.15, 0.2) is 29.6 Å². The SMILES string of the molecule is COc1cc(N)c(Cl)cc1C(=O)N[C@H]1CCN(CC2CCN(C(=O)c3cccs3)CC2)C[C@H]1OC. The Morgan fingerprint density at radius 3 is 2.63 bits per heavy atom. The number of carbonyl (C=O) groups excluding carboxylic acids is 2. The highest BCUT2D eigenvalue weighted by Crippen LogP contribution is 2.29. The molecule has 35 heavy (non-hydrogen) atoms. The molecule has 3 N–H and O–H groups in total. The number of nitrogens with one attached hydrogen (secondary N) is 1. The Balaban J connectivity index is 1.28. The molecule has 2 saturated heterocycles. The van der Waals surface area contributed by atoms with Crippen molar-refractivity contribution in [2.75, 3.05) is 52.7 Å². The molecule has 2 fully saturated rings. The van der Waals surface area contributed by atoms with Gasteiger partial charge in [0, 0.05) is 45.9 Å². The molecule has 0 aliphatic carbocycles. The van der Waals surface area contributed by atoms with Gasteiger partial charge in [-0.3, -0.25) is 9.59 Å². The lowest BCUT2D eigenvalue weighted by molar-refractivity contribution is -0.00109. The normalized spacial score (nSPS) is 21.6. The Labute approximate surface area is 215 Å². The Kier molecular flexibility index (Phi) is 8.54. The van der Waals surface area contributed by atoms with Crippen LogP contribution in [0.5, 0.6) is 5.75 Å². The van der Waals surface area contributed by atoms with Crippen molar-refractivity contribution in [3.05, 3.63) is 45.1 Å². The molecule has 190 valence electrons. The van der Waals surface area contributed by atoms with E-state index in [1.807, 2.05) is 22.4 Å². The molecule has 2 aromatic rings. The quantitative estimate of drug-likeness (QED) is 0.543. The van der Waals surface area contributed by atoms with Crippen LogP contribution >= 0.6 is 22.9 Å². The first-order valence-corrected chi connectivity index (χ1v) is 13.2. The summed E-state index contributed by atoms with van der Waals surface area (Å²) in [5.74, 6) is 0.826. The second kappa shape index (κ2) is 11.6. The summed E-state index contributed by atoms with van der Waals surface area (Å²) in [7, 11) is 3.18. The van der Waals surface area contributed by atoms with Crippen LogP contribution in [0.1, 0.15) is 39.3 Å². The number of amides is 2. The predicted octanol–water partition coefficient (Wildman–Crippen LogP) is 3.36. The maximum atomic E-state index is 13.0. The minimum atomic E-state index is -0.257. The van der Waals surface area contributed by atoms with Gasteiger partial charge in [-0.1, -0.05) is 17.7 Å². The van der Waals surface area contributed by atoms with Gasteiger partial charge < -0.3 is 30.3 Å². The van der Waals surface area contributed by atoms with Gasteiger partial charge in [0.05, 0.1) is 40.4 Å². The molecular weight excluding hydrogens is 488 g/mol. The number of nitrogens with zero attached hydrogens (tertiary/aromatic N) is 2. The number of nitrogen functional groups attached to an aromatic ring is 1. The number of thiophene rings is 1. The average molecular weight is 521 g/mol. The molecule has 4 rings (SSSR count). The molecule has 0 spiro atoms. The second-order valence-corrected chi connectivity index (χ2v) is 10.5. The van der Waals surface area contributed by atoms with E-state index in [1.165, 1.54) is 24.5 Å². The standard InChI is InChI=1S/C25H33ClN4O4S/c1-33-21-13-19(27)18(26)12-17(21)24(31)28-20-7-8-29(15-22(20)34-2)14-16-5-9-30(10-6-16)25(32)23-4-3-11-35-23/h3-4,11-13,16,20,22H,5-10,14-15,27H2,1-2H3,(H,28,31)/t20-,22+/m0/s1. The molecule has 1 aromatic heterocycles. The van der Waals surface area contributed by atoms with Gasteiger partial charge in [-0.25, -0.2) is 0 Å². The van der Waals surface area contributed by atoms with Crippen molar-refractivity contribution in [2.45, 2.75) is 31.4 Å². The van der Waals surface area contributed by atoms with Gasteiger partial charge in [-0.15, -0.1) is 11.3 Å². The number of rotatable bonds is 7. The van der Waals surface area contributed by atoms with Crippen molar-refractivity contribution in [1.82, 2.24) is 15.1 Å². The van der Waals surface area contributed by atoms with Gasteiger partial charge in [0.2, 0.25) is 0 Å². The number of benzene rings is 1. The van der Waals surface area contributed by atoms with E-state index in [0.29, 0.717) is 27.9 Å². The van der Waals surface area contributed by atoms with Gasteiger partial charge in [0.15, 0.2) is 0 Å². The molecule has 2 amide bonds. The summed E-state index contributed by atoms with van der Waals surface area (Å²) in [4.78, 5) is 30.8. The molecule has 3 heterocycles. The molecule has 0 bridgehead atoms. The van der Waals surface area contributed by atoms with Crippen LogP contribution in [0.3, 0.4) is 0 Å². The lowest BCUT2D eigenvalue weighted by Crippen LogP contribution is -2.55. The van der Waals surface area contributed by atoms with E-state index >= 15 is 0 Å². The number of anilines is 1. The largest absolute Gasteiger partial charge is 0.496 e. The Morgan fingerprint density at radius 1 is 1.20 bits per heavy atom. The van der Waals surface area contributed by atoms with Gasteiger partial charge in [-0.2, -0.15) is 0 Å². The van der Waals surface area contributed by atoms with E-state index in [0.717, 1.165) is 56.9 Å². The van der Waals surface area contributed by atoms with E-state index in [1.54, 1.807) is 13.2 Å². The number of piperidine rings is 2. The van der Waals surface area contributed by atoms with Crippen LogP contribution in [0.25, 0.3) is 0 Å². The van der Waals surface area contributed by atoms with Crippen molar-refractivity contribution in [1.29, 1.82) is 0 Å². The summed E-state index contributed by atoms with van der Waals surface area (Å²) >= 11 is 7.64. The summed E-state index contributed by atoms with van der Waals surface area (Å²) in [5, 5.41) is 5.36. The molecule has 10 heteroatoms. The van der Waals surface area contributed by atoms with Gasteiger partial charge in [-0.05, 0) is 42.7 Å². The lowest BCUT2D eigenvalue weighted by atomic mass is 9.93. The monoisotopic (exact) mass is 520 g/mol. The van der Waals surface area contributed by atoms with Crippen LogP contribution in [0, 0.1) is 5.92 Å². The predicted molar refractivity (Wildman–Crippen MR) is 138 cm³/mol. The summed E-state index contributed by atoms with van der Waals surface area (Å²) in [6, 6.07) is 6.80. The molecule has 8 nitrogen and oxygen atoms in total. The fourth-order valence-electron chi connectivity index (χ4n) is 4.95. The van der Waals surface area contributed by atoms with Gasteiger partial charge in [0.25, 0.3) is 11.8 Å². The van der Waals surface area contributed by atoms with E-state index in [-0.39, 0.29) is 24.0 Å². The zero-order chi connectivity index (χ0) is 24.9. The van der Waals surface area contributed by atoms with E-state index < -0.39 is 0 Å². The molecule has 1 aromatic carbocycles. The Morgan fingerprint density at radius 2 is 1.97 bits per heavy atom.